The van der Waals surface area contributed by atoms with E-state index in [0.717, 1.165) is 31.6 Å². The second-order valence-electron chi connectivity index (χ2n) is 6.30. The van der Waals surface area contributed by atoms with Crippen molar-refractivity contribution in [3.8, 4) is 0 Å². The molecule has 7 heteroatoms. The molecule has 1 aromatic rings. The van der Waals surface area contributed by atoms with Crippen molar-refractivity contribution in [2.45, 2.75) is 45.1 Å². The van der Waals surface area contributed by atoms with Crippen molar-refractivity contribution in [1.82, 2.24) is 19.9 Å². The van der Waals surface area contributed by atoms with Crippen LogP contribution in [-0.2, 0) is 22.4 Å². The van der Waals surface area contributed by atoms with Gasteiger partial charge in [0, 0.05) is 38.9 Å². The molecule has 0 bridgehead atoms. The smallest absolute Gasteiger partial charge is 0.226 e. The van der Waals surface area contributed by atoms with Crippen LogP contribution in [0.25, 0.3) is 0 Å². The molecule has 1 saturated heterocycles. The van der Waals surface area contributed by atoms with Gasteiger partial charge in [-0.15, -0.1) is 0 Å². The number of likely N-dealkylation sites (N-methyl/N-ethyl adjacent to an activating group) is 1. The van der Waals surface area contributed by atoms with Crippen molar-refractivity contribution in [2.75, 3.05) is 40.3 Å². The number of hydrogen-bond donors (Lipinski definition) is 0. The molecule has 0 aromatic carbocycles. The fraction of sp³-hybridized carbons (Fsp3) is 0.812. The number of carbonyl (C=O) groups excluding carboxylic acids is 1. The summed E-state index contributed by atoms with van der Waals surface area (Å²) in [6.07, 6.45) is 3.86. The van der Waals surface area contributed by atoms with E-state index in [1.165, 1.54) is 0 Å². The van der Waals surface area contributed by atoms with E-state index >= 15 is 0 Å². The topological polar surface area (TPSA) is 71.7 Å². The molecular weight excluding hydrogens is 296 g/mol. The van der Waals surface area contributed by atoms with Crippen molar-refractivity contribution in [2.24, 2.45) is 0 Å². The van der Waals surface area contributed by atoms with E-state index in [1.807, 2.05) is 19.0 Å². The largest absolute Gasteiger partial charge is 0.373 e. The van der Waals surface area contributed by atoms with Crippen LogP contribution in [0.3, 0.4) is 0 Å². The molecule has 0 spiro atoms. The van der Waals surface area contributed by atoms with E-state index in [0.29, 0.717) is 38.4 Å². The molecule has 1 amide bonds. The highest BCUT2D eigenvalue weighted by Gasteiger charge is 2.24. The first-order valence-electron chi connectivity index (χ1n) is 8.44. The molecule has 1 aromatic heterocycles. The molecule has 0 radical (unpaired) electrons. The van der Waals surface area contributed by atoms with Crippen LogP contribution in [0, 0.1) is 0 Å². The molecule has 0 aliphatic carbocycles. The number of hydrogen-bond acceptors (Lipinski definition) is 6. The maximum atomic E-state index is 12.3. The Hall–Kier alpha value is -1.47. The van der Waals surface area contributed by atoms with Gasteiger partial charge in [-0.2, -0.15) is 4.98 Å². The van der Waals surface area contributed by atoms with Gasteiger partial charge in [-0.05, 0) is 26.9 Å². The molecule has 1 unspecified atom stereocenters. The summed E-state index contributed by atoms with van der Waals surface area (Å²) in [7, 11) is 4.03. The summed E-state index contributed by atoms with van der Waals surface area (Å²) in [4.78, 5) is 20.6. The predicted octanol–water partition coefficient (Wildman–Crippen LogP) is 1.13. The van der Waals surface area contributed by atoms with E-state index < -0.39 is 0 Å². The number of morpholine rings is 1. The van der Waals surface area contributed by atoms with Gasteiger partial charge in [0.25, 0.3) is 0 Å². The van der Waals surface area contributed by atoms with Crippen LogP contribution < -0.4 is 0 Å². The van der Waals surface area contributed by atoms with Crippen molar-refractivity contribution >= 4 is 5.91 Å². The summed E-state index contributed by atoms with van der Waals surface area (Å²) in [6, 6.07) is 0. The first-order chi connectivity index (χ1) is 11.1. The summed E-state index contributed by atoms with van der Waals surface area (Å²) >= 11 is 0. The van der Waals surface area contributed by atoms with E-state index in [9.17, 15) is 4.79 Å². The van der Waals surface area contributed by atoms with E-state index in [2.05, 4.69) is 22.0 Å². The quantitative estimate of drug-likeness (QED) is 0.714. The number of nitrogens with zero attached hydrogens (tertiary/aromatic N) is 4. The molecule has 2 rings (SSSR count). The lowest BCUT2D eigenvalue weighted by atomic mass is 10.2. The highest BCUT2D eigenvalue weighted by Crippen LogP contribution is 2.10. The molecule has 1 atom stereocenters. The number of rotatable bonds is 8. The van der Waals surface area contributed by atoms with Crippen LogP contribution in [0.5, 0.6) is 0 Å². The van der Waals surface area contributed by atoms with E-state index in [4.69, 9.17) is 9.26 Å². The third-order valence-corrected chi connectivity index (χ3v) is 3.83. The van der Waals surface area contributed by atoms with Gasteiger partial charge in [0.2, 0.25) is 11.8 Å². The van der Waals surface area contributed by atoms with Gasteiger partial charge in [0.15, 0.2) is 5.82 Å². The molecule has 2 heterocycles. The maximum Gasteiger partial charge on any atom is 0.226 e. The van der Waals surface area contributed by atoms with Crippen molar-refractivity contribution in [3.63, 3.8) is 0 Å². The normalized spacial score (nSPS) is 18.6. The molecule has 0 N–H and O–H groups in total. The maximum absolute atomic E-state index is 12.3. The Labute approximate surface area is 138 Å². The zero-order chi connectivity index (χ0) is 16.7. The fourth-order valence-corrected chi connectivity index (χ4v) is 2.73. The van der Waals surface area contributed by atoms with Gasteiger partial charge < -0.3 is 19.1 Å². The number of aromatic nitrogens is 2. The standard InChI is InChI=1S/C16H28N4O3/c1-4-6-14-17-15(23-18-14)7-5-8-16(21)20-9-10-22-13(12-20)11-19(2)3/h13H,4-12H2,1-3H3. The lowest BCUT2D eigenvalue weighted by molar-refractivity contribution is -0.139. The lowest BCUT2D eigenvalue weighted by Crippen LogP contribution is -2.48. The number of carbonyl (C=O) groups is 1. The molecule has 0 saturated carbocycles. The van der Waals surface area contributed by atoms with Crippen LogP contribution in [0.15, 0.2) is 4.52 Å². The fourth-order valence-electron chi connectivity index (χ4n) is 2.73. The van der Waals surface area contributed by atoms with Crippen molar-refractivity contribution in [1.29, 1.82) is 0 Å². The summed E-state index contributed by atoms with van der Waals surface area (Å²) in [5.74, 6) is 1.58. The van der Waals surface area contributed by atoms with Crippen molar-refractivity contribution in [3.05, 3.63) is 11.7 Å². The number of aryl methyl sites for hydroxylation is 2. The Morgan fingerprint density at radius 3 is 2.96 bits per heavy atom. The Bertz CT molecular complexity index is 489. The predicted molar refractivity (Wildman–Crippen MR) is 86.1 cm³/mol. The summed E-state index contributed by atoms with van der Waals surface area (Å²) in [5.41, 5.74) is 0. The highest BCUT2D eigenvalue weighted by atomic mass is 16.5. The summed E-state index contributed by atoms with van der Waals surface area (Å²) in [6.45, 7) is 4.91. The zero-order valence-corrected chi connectivity index (χ0v) is 14.5. The first-order valence-corrected chi connectivity index (χ1v) is 8.44. The zero-order valence-electron chi connectivity index (χ0n) is 14.5. The first kappa shape index (κ1) is 17.9. The SMILES string of the molecule is CCCc1noc(CCCC(=O)N2CCOC(CN(C)C)C2)n1. The second kappa shape index (κ2) is 8.98. The molecule has 1 aliphatic rings. The van der Waals surface area contributed by atoms with Crippen LogP contribution in [0.2, 0.25) is 0 Å². The molecule has 130 valence electrons. The monoisotopic (exact) mass is 324 g/mol. The van der Waals surface area contributed by atoms with Crippen molar-refractivity contribution < 1.29 is 14.1 Å². The Morgan fingerprint density at radius 2 is 2.22 bits per heavy atom. The van der Waals surface area contributed by atoms with Gasteiger partial charge in [-0.1, -0.05) is 12.1 Å². The van der Waals surface area contributed by atoms with Gasteiger partial charge >= 0.3 is 0 Å². The van der Waals surface area contributed by atoms with Gasteiger partial charge in [0.1, 0.15) is 0 Å². The van der Waals surface area contributed by atoms with Crippen LogP contribution in [0.4, 0.5) is 0 Å². The van der Waals surface area contributed by atoms with Crippen LogP contribution in [0.1, 0.15) is 37.9 Å². The minimum absolute atomic E-state index is 0.107. The number of amides is 1. The van der Waals surface area contributed by atoms with Gasteiger partial charge in [0.05, 0.1) is 12.7 Å². The third kappa shape index (κ3) is 5.91. The lowest BCUT2D eigenvalue weighted by Gasteiger charge is -2.34. The van der Waals surface area contributed by atoms with E-state index in [-0.39, 0.29) is 12.0 Å². The van der Waals surface area contributed by atoms with Crippen LogP contribution >= 0.6 is 0 Å². The summed E-state index contributed by atoms with van der Waals surface area (Å²) < 4.78 is 10.9. The van der Waals surface area contributed by atoms with E-state index in [1.54, 1.807) is 0 Å². The highest BCUT2D eigenvalue weighted by molar-refractivity contribution is 5.76. The molecule has 23 heavy (non-hydrogen) atoms. The number of ether oxygens (including phenoxy) is 1. The van der Waals surface area contributed by atoms with Gasteiger partial charge in [-0.25, -0.2) is 0 Å². The molecule has 7 nitrogen and oxygen atoms in total. The van der Waals surface area contributed by atoms with Gasteiger partial charge in [-0.3, -0.25) is 4.79 Å². The second-order valence-corrected chi connectivity index (χ2v) is 6.30. The van der Waals surface area contributed by atoms with Crippen LogP contribution in [-0.4, -0.2) is 72.3 Å². The average molecular weight is 324 g/mol. The minimum Gasteiger partial charge on any atom is -0.373 e. The summed E-state index contributed by atoms with van der Waals surface area (Å²) in [5, 5.41) is 3.93. The Balaban J connectivity index is 1.71. The Kier molecular flexibility index (Phi) is 6.98. The molecule has 1 aliphatic heterocycles. The molecular formula is C16H28N4O3. The molecule has 1 fully saturated rings. The third-order valence-electron chi connectivity index (χ3n) is 3.83. The Morgan fingerprint density at radius 1 is 1.39 bits per heavy atom. The minimum atomic E-state index is 0.107. The average Bonchev–Trinajstić information content (AvgIpc) is 2.95.